The molecule has 138 valence electrons. The smallest absolute Gasteiger partial charge is 0.232 e. The first-order valence-electron chi connectivity index (χ1n) is 9.02. The van der Waals surface area contributed by atoms with Gasteiger partial charge in [-0.15, -0.1) is 11.8 Å². The highest BCUT2D eigenvalue weighted by molar-refractivity contribution is 7.98. The van der Waals surface area contributed by atoms with Gasteiger partial charge in [-0.05, 0) is 42.5 Å². The molecule has 1 unspecified atom stereocenters. The van der Waals surface area contributed by atoms with E-state index in [9.17, 15) is 4.79 Å². The first kappa shape index (κ1) is 17.8. The van der Waals surface area contributed by atoms with Crippen molar-refractivity contribution in [2.75, 3.05) is 19.3 Å². The van der Waals surface area contributed by atoms with Crippen molar-refractivity contribution in [2.24, 2.45) is 0 Å². The van der Waals surface area contributed by atoms with Crippen LogP contribution in [-0.4, -0.2) is 40.3 Å². The van der Waals surface area contributed by atoms with E-state index in [0.29, 0.717) is 24.7 Å². The average Bonchev–Trinajstić information content (AvgIpc) is 3.34. The second kappa shape index (κ2) is 7.96. The number of amides is 1. The fraction of sp³-hybridized carbons (Fsp3) is 0.286. The summed E-state index contributed by atoms with van der Waals surface area (Å²) < 4.78 is 5.47. The lowest BCUT2D eigenvalue weighted by atomic mass is 10.1. The van der Waals surface area contributed by atoms with Gasteiger partial charge in [0.05, 0.1) is 5.92 Å². The summed E-state index contributed by atoms with van der Waals surface area (Å²) in [7, 11) is 0. The van der Waals surface area contributed by atoms with Crippen LogP contribution in [0.4, 0.5) is 0 Å². The van der Waals surface area contributed by atoms with Crippen LogP contribution in [0.1, 0.15) is 23.8 Å². The number of carbonyl (C=O) groups is 1. The average molecular weight is 379 g/mol. The Labute approximate surface area is 162 Å². The molecule has 0 radical (unpaired) electrons. The van der Waals surface area contributed by atoms with Crippen molar-refractivity contribution < 1.29 is 9.32 Å². The van der Waals surface area contributed by atoms with Crippen molar-refractivity contribution in [3.63, 3.8) is 0 Å². The van der Waals surface area contributed by atoms with Gasteiger partial charge in [0.1, 0.15) is 0 Å². The maximum absolute atomic E-state index is 12.4. The fourth-order valence-corrected chi connectivity index (χ4v) is 3.73. The lowest BCUT2D eigenvalue weighted by Gasteiger charge is -2.15. The number of nitrogens with zero attached hydrogens (tertiary/aromatic N) is 3. The van der Waals surface area contributed by atoms with E-state index in [1.165, 1.54) is 10.5 Å². The third-order valence-corrected chi connectivity index (χ3v) is 5.61. The van der Waals surface area contributed by atoms with E-state index in [4.69, 9.17) is 4.52 Å². The molecule has 1 atom stereocenters. The molecule has 3 aromatic rings. The molecule has 0 aliphatic carbocycles. The van der Waals surface area contributed by atoms with Crippen LogP contribution in [-0.2, 0) is 11.2 Å². The van der Waals surface area contributed by atoms with Crippen LogP contribution in [0.25, 0.3) is 11.4 Å². The van der Waals surface area contributed by atoms with Gasteiger partial charge in [-0.3, -0.25) is 4.79 Å². The molecule has 0 spiro atoms. The minimum atomic E-state index is -0.0278. The van der Waals surface area contributed by atoms with Crippen LogP contribution in [0.3, 0.4) is 0 Å². The van der Waals surface area contributed by atoms with Gasteiger partial charge in [0, 0.05) is 30.0 Å². The number of benzene rings is 2. The van der Waals surface area contributed by atoms with Crippen LogP contribution in [0.15, 0.2) is 64.0 Å². The van der Waals surface area contributed by atoms with E-state index in [2.05, 4.69) is 22.3 Å². The number of carbonyl (C=O) groups excluding carboxylic acids is 1. The summed E-state index contributed by atoms with van der Waals surface area (Å²) >= 11 is 1.69. The molecular formula is C21H21N3O2S. The number of hydrogen-bond acceptors (Lipinski definition) is 5. The number of likely N-dealkylation sites (tertiary alicyclic amines) is 1. The number of thioether (sulfide) groups is 1. The van der Waals surface area contributed by atoms with Gasteiger partial charge in [-0.25, -0.2) is 0 Å². The summed E-state index contributed by atoms with van der Waals surface area (Å²) in [4.78, 5) is 20.0. The Morgan fingerprint density at radius 3 is 2.67 bits per heavy atom. The molecule has 2 heterocycles. The Morgan fingerprint density at radius 1 is 1.15 bits per heavy atom. The second-order valence-electron chi connectivity index (χ2n) is 6.66. The molecule has 1 aromatic heterocycles. The van der Waals surface area contributed by atoms with Gasteiger partial charge >= 0.3 is 0 Å². The van der Waals surface area contributed by atoms with Crippen LogP contribution < -0.4 is 0 Å². The van der Waals surface area contributed by atoms with E-state index in [-0.39, 0.29) is 11.8 Å². The van der Waals surface area contributed by atoms with Crippen LogP contribution in [0.5, 0.6) is 0 Å². The zero-order chi connectivity index (χ0) is 18.6. The summed E-state index contributed by atoms with van der Waals surface area (Å²) in [5.41, 5.74) is 2.16. The van der Waals surface area contributed by atoms with Crippen molar-refractivity contribution in [2.45, 2.75) is 23.7 Å². The topological polar surface area (TPSA) is 59.2 Å². The second-order valence-corrected chi connectivity index (χ2v) is 7.54. The van der Waals surface area contributed by atoms with Crippen molar-refractivity contribution in [3.05, 3.63) is 66.1 Å². The first-order chi connectivity index (χ1) is 13.2. The molecule has 6 heteroatoms. The van der Waals surface area contributed by atoms with Crippen LogP contribution in [0.2, 0.25) is 0 Å². The Bertz CT molecular complexity index is 909. The van der Waals surface area contributed by atoms with Crippen molar-refractivity contribution in [3.8, 4) is 11.4 Å². The van der Waals surface area contributed by atoms with Gasteiger partial charge in [-0.2, -0.15) is 4.98 Å². The van der Waals surface area contributed by atoms with Crippen molar-refractivity contribution in [1.82, 2.24) is 15.0 Å². The monoisotopic (exact) mass is 379 g/mol. The Balaban J connectivity index is 1.40. The lowest BCUT2D eigenvalue weighted by Crippen LogP contribution is -2.27. The first-order valence-corrected chi connectivity index (χ1v) is 10.2. The SMILES string of the molecule is CSc1ccc(-c2noc(C3CC(=O)N(CCc4ccccc4)C3)n2)cc1. The zero-order valence-electron chi connectivity index (χ0n) is 15.2. The standard InChI is InChI=1S/C21H21N3O2S/c1-27-18-9-7-16(8-10-18)20-22-21(26-23-20)17-13-19(25)24(14-17)12-11-15-5-3-2-4-6-15/h2-10,17H,11-14H2,1H3. The maximum atomic E-state index is 12.4. The molecule has 0 N–H and O–H groups in total. The predicted molar refractivity (Wildman–Crippen MR) is 106 cm³/mol. The predicted octanol–water partition coefficient (Wildman–Crippen LogP) is 4.02. The molecule has 1 fully saturated rings. The van der Waals surface area contributed by atoms with E-state index in [0.717, 1.165) is 18.5 Å². The Morgan fingerprint density at radius 2 is 1.93 bits per heavy atom. The van der Waals surface area contributed by atoms with Gasteiger partial charge < -0.3 is 9.42 Å². The summed E-state index contributed by atoms with van der Waals surface area (Å²) in [6.07, 6.45) is 3.33. The summed E-state index contributed by atoms with van der Waals surface area (Å²) in [5, 5.41) is 4.11. The van der Waals surface area contributed by atoms with E-state index >= 15 is 0 Å². The molecule has 5 nitrogen and oxygen atoms in total. The molecule has 4 rings (SSSR count). The molecule has 27 heavy (non-hydrogen) atoms. The molecule has 1 aliphatic rings. The van der Waals surface area contributed by atoms with Crippen molar-refractivity contribution >= 4 is 17.7 Å². The van der Waals surface area contributed by atoms with Gasteiger partial charge in [-0.1, -0.05) is 35.5 Å². The number of aromatic nitrogens is 2. The summed E-state index contributed by atoms with van der Waals surface area (Å²) in [5.74, 6) is 1.25. The summed E-state index contributed by atoms with van der Waals surface area (Å²) in [6.45, 7) is 1.36. The van der Waals surface area contributed by atoms with E-state index in [1.54, 1.807) is 11.8 Å². The highest BCUT2D eigenvalue weighted by Crippen LogP contribution is 2.29. The number of rotatable bonds is 6. The van der Waals surface area contributed by atoms with Crippen LogP contribution in [0, 0.1) is 0 Å². The third-order valence-electron chi connectivity index (χ3n) is 4.87. The molecular weight excluding hydrogens is 358 g/mol. The molecule has 0 bridgehead atoms. The van der Waals surface area contributed by atoms with Crippen molar-refractivity contribution in [1.29, 1.82) is 0 Å². The highest BCUT2D eigenvalue weighted by atomic mass is 32.2. The summed E-state index contributed by atoms with van der Waals surface area (Å²) in [6, 6.07) is 18.3. The molecule has 1 saturated heterocycles. The normalized spacial score (nSPS) is 16.9. The molecule has 1 aliphatic heterocycles. The Hall–Kier alpha value is -2.60. The lowest BCUT2D eigenvalue weighted by molar-refractivity contribution is -0.127. The maximum Gasteiger partial charge on any atom is 0.232 e. The molecule has 1 amide bonds. The Kier molecular flexibility index (Phi) is 5.25. The molecule has 2 aromatic carbocycles. The third kappa shape index (κ3) is 4.06. The van der Waals surface area contributed by atoms with Gasteiger partial charge in [0.2, 0.25) is 17.6 Å². The van der Waals surface area contributed by atoms with Gasteiger partial charge in [0.15, 0.2) is 0 Å². The van der Waals surface area contributed by atoms with Crippen LogP contribution >= 0.6 is 11.8 Å². The van der Waals surface area contributed by atoms with E-state index in [1.807, 2.05) is 53.6 Å². The minimum Gasteiger partial charge on any atom is -0.342 e. The fourth-order valence-electron chi connectivity index (χ4n) is 3.32. The molecule has 0 saturated carbocycles. The minimum absolute atomic E-state index is 0.0278. The number of hydrogen-bond donors (Lipinski definition) is 0. The quantitative estimate of drug-likeness (QED) is 0.606. The largest absolute Gasteiger partial charge is 0.342 e. The van der Waals surface area contributed by atoms with Gasteiger partial charge in [0.25, 0.3) is 0 Å². The highest BCUT2D eigenvalue weighted by Gasteiger charge is 2.34. The van der Waals surface area contributed by atoms with E-state index < -0.39 is 0 Å². The zero-order valence-corrected chi connectivity index (χ0v) is 16.0.